The highest BCUT2D eigenvalue weighted by Gasteiger charge is 1.79. The smallest absolute Gasteiger partial charge is 0.00417 e. The molecule has 0 heterocycles. The molecule has 0 amide bonds. The molecule has 0 aliphatic carbocycles. The minimum Gasteiger partial charge on any atom is -0.404 e. The summed E-state index contributed by atoms with van der Waals surface area (Å²) < 4.78 is 0. The molecule has 58 valence electrons. The van der Waals surface area contributed by atoms with E-state index >= 15 is 0 Å². The molecule has 1 rings (SSSR count). The van der Waals surface area contributed by atoms with Crippen LogP contribution >= 0.6 is 0 Å². The number of hydrogen-bond acceptors (Lipinski definition) is 2. The molecule has 0 unspecified atom stereocenters. The van der Waals surface area contributed by atoms with Crippen LogP contribution in [0, 0.1) is 0 Å². The van der Waals surface area contributed by atoms with Crippen LogP contribution in [0.3, 0.4) is 0 Å². The van der Waals surface area contributed by atoms with E-state index in [1.807, 2.05) is 37.5 Å². The van der Waals surface area contributed by atoms with Crippen molar-refractivity contribution in [2.45, 2.75) is 0 Å². The Balaban J connectivity index is 3.37. The first-order chi connectivity index (χ1) is 5.38. The minimum atomic E-state index is 1.04. The van der Waals surface area contributed by atoms with Crippen LogP contribution in [0.5, 0.6) is 0 Å². The largest absolute Gasteiger partial charge is 0.404 e. The molecule has 11 heavy (non-hydrogen) atoms. The lowest BCUT2D eigenvalue weighted by molar-refractivity contribution is 1.17. The van der Waals surface area contributed by atoms with Crippen LogP contribution in [0.15, 0.2) is 24.3 Å². The third kappa shape index (κ3) is 1.74. The van der Waals surface area contributed by atoms with E-state index in [0.29, 0.717) is 0 Å². The second-order valence-corrected chi connectivity index (χ2v) is 2.23. The molecule has 0 fully saturated rings. The first kappa shape index (κ1) is 7.66. The van der Waals surface area contributed by atoms with Gasteiger partial charge in [0.05, 0.1) is 0 Å². The Morgan fingerprint density at radius 2 is 1.91 bits per heavy atom. The van der Waals surface area contributed by atoms with Crippen molar-refractivity contribution in [3.8, 4) is 0 Å². The normalized spacial score (nSPS) is 13.5. The van der Waals surface area contributed by atoms with Gasteiger partial charge in [-0.1, -0.05) is 24.3 Å². The van der Waals surface area contributed by atoms with Gasteiger partial charge in [0.2, 0.25) is 0 Å². The molecular weight excluding hydrogens is 136 g/mol. The highest BCUT2D eigenvalue weighted by atomic mass is 14.8. The summed E-state index contributed by atoms with van der Waals surface area (Å²) in [6.07, 6.45) is 3.52. The van der Waals surface area contributed by atoms with Gasteiger partial charge in [-0.25, -0.2) is 0 Å². The molecule has 0 saturated carbocycles. The van der Waals surface area contributed by atoms with Crippen LogP contribution in [0.1, 0.15) is 0 Å². The van der Waals surface area contributed by atoms with Gasteiger partial charge in [-0.15, -0.1) is 0 Å². The molecule has 0 spiro atoms. The Kier molecular flexibility index (Phi) is 2.55. The highest BCUT2D eigenvalue weighted by molar-refractivity contribution is 5.28. The second-order valence-electron chi connectivity index (χ2n) is 2.23. The predicted octanol–water partition coefficient (Wildman–Crippen LogP) is -0.659. The topological polar surface area (TPSA) is 38.0 Å². The van der Waals surface area contributed by atoms with Crippen LogP contribution in [0.2, 0.25) is 0 Å². The third-order valence-corrected chi connectivity index (χ3v) is 1.48. The van der Waals surface area contributed by atoms with E-state index in [-0.39, 0.29) is 0 Å². The van der Waals surface area contributed by atoms with Crippen LogP contribution < -0.4 is 21.5 Å². The second kappa shape index (κ2) is 3.66. The van der Waals surface area contributed by atoms with Crippen LogP contribution in [-0.4, -0.2) is 7.05 Å². The average molecular weight is 148 g/mol. The van der Waals surface area contributed by atoms with E-state index in [1.165, 1.54) is 0 Å². The predicted molar refractivity (Wildman–Crippen MR) is 47.9 cm³/mol. The van der Waals surface area contributed by atoms with Crippen LogP contribution in [0.25, 0.3) is 12.4 Å². The van der Waals surface area contributed by atoms with Crippen molar-refractivity contribution in [3.63, 3.8) is 0 Å². The Morgan fingerprint density at radius 1 is 1.27 bits per heavy atom. The maximum atomic E-state index is 5.41. The summed E-state index contributed by atoms with van der Waals surface area (Å²) >= 11 is 0. The molecule has 1 aromatic rings. The maximum Gasteiger partial charge on any atom is 0.00417 e. The SMILES string of the molecule is CN/C=c1/cccc/c1=C/N. The van der Waals surface area contributed by atoms with E-state index in [2.05, 4.69) is 5.32 Å². The van der Waals surface area contributed by atoms with Crippen LogP contribution in [0.4, 0.5) is 0 Å². The van der Waals surface area contributed by atoms with Gasteiger partial charge in [0.25, 0.3) is 0 Å². The molecule has 0 aromatic heterocycles. The number of nitrogens with two attached hydrogens (primary N) is 1. The first-order valence-corrected chi connectivity index (χ1v) is 3.53. The zero-order chi connectivity index (χ0) is 8.10. The van der Waals surface area contributed by atoms with Gasteiger partial charge in [-0.05, 0) is 10.4 Å². The molecule has 0 radical (unpaired) electrons. The van der Waals surface area contributed by atoms with Crippen molar-refractivity contribution in [3.05, 3.63) is 34.7 Å². The Hall–Kier alpha value is -1.44. The van der Waals surface area contributed by atoms with E-state index in [1.54, 1.807) is 6.20 Å². The molecular formula is C9H12N2. The Morgan fingerprint density at radius 3 is 2.45 bits per heavy atom. The molecule has 0 aliphatic rings. The van der Waals surface area contributed by atoms with Crippen LogP contribution in [-0.2, 0) is 0 Å². The molecule has 3 N–H and O–H groups in total. The van der Waals surface area contributed by atoms with Gasteiger partial charge in [0.1, 0.15) is 0 Å². The Labute approximate surface area is 66.0 Å². The fraction of sp³-hybridized carbons (Fsp3) is 0.111. The van der Waals surface area contributed by atoms with E-state index in [4.69, 9.17) is 5.73 Å². The number of nitrogens with one attached hydrogen (secondary N) is 1. The molecule has 2 nitrogen and oxygen atoms in total. The summed E-state index contributed by atoms with van der Waals surface area (Å²) in [7, 11) is 1.87. The van der Waals surface area contributed by atoms with Crippen molar-refractivity contribution in [1.82, 2.24) is 5.32 Å². The zero-order valence-corrected chi connectivity index (χ0v) is 6.54. The van der Waals surface area contributed by atoms with Crippen molar-refractivity contribution in [2.24, 2.45) is 5.73 Å². The lowest BCUT2D eigenvalue weighted by atomic mass is 10.2. The van der Waals surface area contributed by atoms with Crippen molar-refractivity contribution in [2.75, 3.05) is 7.05 Å². The van der Waals surface area contributed by atoms with Crippen molar-refractivity contribution in [1.29, 1.82) is 0 Å². The summed E-state index contributed by atoms with van der Waals surface area (Å²) in [6, 6.07) is 7.93. The highest BCUT2D eigenvalue weighted by Crippen LogP contribution is 1.69. The lowest BCUT2D eigenvalue weighted by Gasteiger charge is -1.89. The minimum absolute atomic E-state index is 1.04. The van der Waals surface area contributed by atoms with Crippen molar-refractivity contribution < 1.29 is 0 Å². The van der Waals surface area contributed by atoms with Gasteiger partial charge >= 0.3 is 0 Å². The monoisotopic (exact) mass is 148 g/mol. The number of hydrogen-bond donors (Lipinski definition) is 2. The maximum absolute atomic E-state index is 5.41. The van der Waals surface area contributed by atoms with Gasteiger partial charge in [-0.2, -0.15) is 0 Å². The van der Waals surface area contributed by atoms with Gasteiger partial charge in [0, 0.05) is 19.4 Å². The van der Waals surface area contributed by atoms with E-state index in [0.717, 1.165) is 10.4 Å². The molecule has 0 saturated heterocycles. The third-order valence-electron chi connectivity index (χ3n) is 1.48. The standard InChI is InChI=1S/C9H12N2/c1-11-7-9-5-3-2-4-8(9)6-10/h2-7,11H,10H2,1H3/b8-6-,9-7-. The van der Waals surface area contributed by atoms with Crippen molar-refractivity contribution >= 4 is 12.4 Å². The summed E-state index contributed by atoms with van der Waals surface area (Å²) in [5.41, 5.74) is 5.41. The quantitative estimate of drug-likeness (QED) is 0.555. The van der Waals surface area contributed by atoms with Gasteiger partial charge in [-0.3, -0.25) is 0 Å². The molecule has 0 aliphatic heterocycles. The summed E-state index contributed by atoms with van der Waals surface area (Å²) in [5.74, 6) is 0. The molecule has 2 heteroatoms. The Bertz CT molecular complexity index is 328. The summed E-state index contributed by atoms with van der Waals surface area (Å²) in [6.45, 7) is 0. The number of benzene rings is 1. The zero-order valence-electron chi connectivity index (χ0n) is 6.54. The van der Waals surface area contributed by atoms with E-state index < -0.39 is 0 Å². The summed E-state index contributed by atoms with van der Waals surface area (Å²) in [5, 5.41) is 5.11. The van der Waals surface area contributed by atoms with E-state index in [9.17, 15) is 0 Å². The first-order valence-electron chi connectivity index (χ1n) is 3.53. The van der Waals surface area contributed by atoms with Gasteiger partial charge < -0.3 is 11.1 Å². The fourth-order valence-corrected chi connectivity index (χ4v) is 0.950. The molecule has 1 aromatic carbocycles. The number of rotatable bonds is 1. The van der Waals surface area contributed by atoms with Gasteiger partial charge in [0.15, 0.2) is 0 Å². The fourth-order valence-electron chi connectivity index (χ4n) is 0.950. The summed E-state index contributed by atoms with van der Waals surface area (Å²) in [4.78, 5) is 0. The molecule has 0 atom stereocenters. The lowest BCUT2D eigenvalue weighted by Crippen LogP contribution is -2.27. The average Bonchev–Trinajstić information content (AvgIpc) is 2.06. The molecule has 0 bridgehead atoms.